The van der Waals surface area contributed by atoms with E-state index in [0.29, 0.717) is 25.8 Å². The molecule has 0 bridgehead atoms. The predicted octanol–water partition coefficient (Wildman–Crippen LogP) is 1.10. The second kappa shape index (κ2) is 10.0. The van der Waals surface area contributed by atoms with Gasteiger partial charge in [-0.05, 0) is 32.4 Å². The number of aliphatic hydroxyl groups is 2. The van der Waals surface area contributed by atoms with Crippen LogP contribution in [0.25, 0.3) is 0 Å². The van der Waals surface area contributed by atoms with Gasteiger partial charge in [0.05, 0.1) is 0 Å². The molecule has 0 fully saturated rings. The Kier molecular flexibility index (Phi) is 9.92. The zero-order chi connectivity index (χ0) is 12.3. The molecule has 16 heavy (non-hydrogen) atoms. The minimum absolute atomic E-state index is 0.386. The Morgan fingerprint density at radius 2 is 1.06 bits per heavy atom. The van der Waals surface area contributed by atoms with Crippen LogP contribution in [0.15, 0.2) is 0 Å². The van der Waals surface area contributed by atoms with Crippen molar-refractivity contribution in [3.05, 3.63) is 0 Å². The lowest BCUT2D eigenvalue weighted by molar-refractivity contribution is -0.171. The molecule has 0 aromatic heterocycles. The van der Waals surface area contributed by atoms with E-state index in [1.165, 1.54) is 12.8 Å². The molecule has 0 saturated heterocycles. The summed E-state index contributed by atoms with van der Waals surface area (Å²) in [5, 5.41) is 19.1. The lowest BCUT2D eigenvalue weighted by Gasteiger charge is -2.21. The maximum absolute atomic E-state index is 9.57. The van der Waals surface area contributed by atoms with Crippen molar-refractivity contribution in [2.24, 2.45) is 11.5 Å². The zero-order valence-corrected chi connectivity index (χ0v) is 10.3. The van der Waals surface area contributed by atoms with Gasteiger partial charge < -0.3 is 21.7 Å². The second-order valence-corrected chi connectivity index (χ2v) is 4.53. The van der Waals surface area contributed by atoms with Gasteiger partial charge in [-0.1, -0.05) is 25.7 Å². The monoisotopic (exact) mass is 232 g/mol. The standard InChI is InChI=1S/C12H28N2O2/c13-10-6-4-2-1-3-5-8-12(15,16)9-7-11-14/h15-16H,1-11,13-14H2. The molecule has 4 heteroatoms. The van der Waals surface area contributed by atoms with Crippen LogP contribution in [0.1, 0.15) is 57.8 Å². The Morgan fingerprint density at radius 1 is 0.625 bits per heavy atom. The number of rotatable bonds is 11. The molecule has 6 N–H and O–H groups in total. The molecule has 0 unspecified atom stereocenters. The minimum atomic E-state index is -1.50. The number of unbranched alkanes of at least 4 members (excludes halogenated alkanes) is 5. The first-order valence-corrected chi connectivity index (χ1v) is 6.47. The van der Waals surface area contributed by atoms with Gasteiger partial charge in [0.2, 0.25) is 0 Å². The van der Waals surface area contributed by atoms with Gasteiger partial charge in [-0.3, -0.25) is 0 Å². The second-order valence-electron chi connectivity index (χ2n) is 4.53. The van der Waals surface area contributed by atoms with E-state index < -0.39 is 5.79 Å². The molecule has 98 valence electrons. The van der Waals surface area contributed by atoms with Gasteiger partial charge in [0.1, 0.15) is 0 Å². The molecule has 0 radical (unpaired) electrons. The third-order valence-electron chi connectivity index (χ3n) is 2.81. The predicted molar refractivity (Wildman–Crippen MR) is 66.8 cm³/mol. The van der Waals surface area contributed by atoms with Crippen molar-refractivity contribution >= 4 is 0 Å². The van der Waals surface area contributed by atoms with Gasteiger partial charge in [-0.25, -0.2) is 0 Å². The molecule has 0 aliphatic carbocycles. The third kappa shape index (κ3) is 10.4. The highest BCUT2D eigenvalue weighted by atomic mass is 16.5. The van der Waals surface area contributed by atoms with Crippen LogP contribution in [-0.2, 0) is 0 Å². The zero-order valence-electron chi connectivity index (χ0n) is 10.3. The van der Waals surface area contributed by atoms with Crippen molar-refractivity contribution in [3.63, 3.8) is 0 Å². The smallest absolute Gasteiger partial charge is 0.162 e. The van der Waals surface area contributed by atoms with Crippen LogP contribution in [0.3, 0.4) is 0 Å². The van der Waals surface area contributed by atoms with E-state index in [9.17, 15) is 10.2 Å². The fourth-order valence-corrected chi connectivity index (χ4v) is 1.77. The first kappa shape index (κ1) is 15.8. The van der Waals surface area contributed by atoms with Crippen LogP contribution < -0.4 is 11.5 Å². The van der Waals surface area contributed by atoms with E-state index in [1.807, 2.05) is 0 Å². The summed E-state index contributed by atoms with van der Waals surface area (Å²) in [7, 11) is 0. The molecule has 0 saturated carbocycles. The normalized spacial score (nSPS) is 12.0. The summed E-state index contributed by atoms with van der Waals surface area (Å²) in [6, 6.07) is 0. The molecule has 0 rings (SSSR count). The highest BCUT2D eigenvalue weighted by Gasteiger charge is 2.20. The molecular formula is C12H28N2O2. The molecule has 0 spiro atoms. The van der Waals surface area contributed by atoms with E-state index in [4.69, 9.17) is 11.5 Å². The lowest BCUT2D eigenvalue weighted by Crippen LogP contribution is -2.28. The molecular weight excluding hydrogens is 204 g/mol. The molecule has 0 aromatic rings. The number of nitrogens with two attached hydrogens (primary N) is 2. The largest absolute Gasteiger partial charge is 0.366 e. The summed E-state index contributed by atoms with van der Waals surface area (Å²) < 4.78 is 0. The molecule has 0 atom stereocenters. The minimum Gasteiger partial charge on any atom is -0.366 e. The van der Waals surface area contributed by atoms with Crippen LogP contribution in [-0.4, -0.2) is 29.1 Å². The van der Waals surface area contributed by atoms with E-state index in [0.717, 1.165) is 32.2 Å². The fourth-order valence-electron chi connectivity index (χ4n) is 1.77. The highest BCUT2D eigenvalue weighted by Crippen LogP contribution is 2.18. The van der Waals surface area contributed by atoms with Crippen LogP contribution in [0.4, 0.5) is 0 Å². The Balaban J connectivity index is 3.29. The van der Waals surface area contributed by atoms with Gasteiger partial charge >= 0.3 is 0 Å². The SMILES string of the molecule is NCCCCCCCCC(O)(O)CCCN. The van der Waals surface area contributed by atoms with Crippen molar-refractivity contribution in [1.29, 1.82) is 0 Å². The summed E-state index contributed by atoms with van der Waals surface area (Å²) in [5.41, 5.74) is 10.7. The molecule has 0 aliphatic rings. The van der Waals surface area contributed by atoms with Crippen LogP contribution in [0, 0.1) is 0 Å². The molecule has 0 aromatic carbocycles. The van der Waals surface area contributed by atoms with E-state index in [-0.39, 0.29) is 0 Å². The van der Waals surface area contributed by atoms with Gasteiger partial charge in [0.15, 0.2) is 5.79 Å². The van der Waals surface area contributed by atoms with Crippen LogP contribution in [0.2, 0.25) is 0 Å². The Morgan fingerprint density at radius 3 is 1.62 bits per heavy atom. The highest BCUT2D eigenvalue weighted by molar-refractivity contribution is 4.65. The Labute approximate surface area is 99.0 Å². The number of hydrogen-bond acceptors (Lipinski definition) is 4. The van der Waals surface area contributed by atoms with Gasteiger partial charge in [0.25, 0.3) is 0 Å². The summed E-state index contributed by atoms with van der Waals surface area (Å²) in [4.78, 5) is 0. The van der Waals surface area contributed by atoms with Gasteiger partial charge in [0, 0.05) is 12.8 Å². The number of hydrogen-bond donors (Lipinski definition) is 4. The Bertz CT molecular complexity index is 152. The first-order chi connectivity index (χ1) is 7.62. The maximum atomic E-state index is 9.57. The van der Waals surface area contributed by atoms with E-state index in [2.05, 4.69) is 0 Å². The molecule has 0 amide bonds. The average molecular weight is 232 g/mol. The topological polar surface area (TPSA) is 92.5 Å². The van der Waals surface area contributed by atoms with Crippen molar-refractivity contribution in [2.75, 3.05) is 13.1 Å². The van der Waals surface area contributed by atoms with Crippen molar-refractivity contribution in [3.8, 4) is 0 Å². The van der Waals surface area contributed by atoms with Crippen molar-refractivity contribution in [2.45, 2.75) is 63.6 Å². The van der Waals surface area contributed by atoms with Gasteiger partial charge in [-0.2, -0.15) is 0 Å². The quantitative estimate of drug-likeness (QED) is 0.317. The van der Waals surface area contributed by atoms with Crippen LogP contribution >= 0.6 is 0 Å². The molecule has 0 aliphatic heterocycles. The van der Waals surface area contributed by atoms with Gasteiger partial charge in [-0.15, -0.1) is 0 Å². The maximum Gasteiger partial charge on any atom is 0.162 e. The molecule has 4 nitrogen and oxygen atoms in total. The summed E-state index contributed by atoms with van der Waals surface area (Å²) >= 11 is 0. The molecule has 0 heterocycles. The lowest BCUT2D eigenvalue weighted by atomic mass is 10.0. The first-order valence-electron chi connectivity index (χ1n) is 6.47. The Hall–Kier alpha value is -0.160. The fraction of sp³-hybridized carbons (Fsp3) is 1.00. The third-order valence-corrected chi connectivity index (χ3v) is 2.81. The van der Waals surface area contributed by atoms with Crippen molar-refractivity contribution < 1.29 is 10.2 Å². The van der Waals surface area contributed by atoms with Crippen molar-refractivity contribution in [1.82, 2.24) is 0 Å². The summed E-state index contributed by atoms with van der Waals surface area (Å²) in [6.07, 6.45) is 8.10. The summed E-state index contributed by atoms with van der Waals surface area (Å²) in [6.45, 7) is 1.29. The van der Waals surface area contributed by atoms with E-state index in [1.54, 1.807) is 0 Å². The van der Waals surface area contributed by atoms with Crippen LogP contribution in [0.5, 0.6) is 0 Å². The van der Waals surface area contributed by atoms with E-state index >= 15 is 0 Å². The average Bonchev–Trinajstić information content (AvgIpc) is 2.25. The summed E-state index contributed by atoms with van der Waals surface area (Å²) in [5.74, 6) is -1.50.